The lowest BCUT2D eigenvalue weighted by Crippen LogP contribution is -2.34. The van der Waals surface area contributed by atoms with Gasteiger partial charge in [0.15, 0.2) is 0 Å². The molecule has 6 heteroatoms. The molecule has 2 atom stereocenters. The van der Waals surface area contributed by atoms with Crippen LogP contribution in [0.25, 0.3) is 5.69 Å². The number of likely N-dealkylation sites (tertiary alicyclic amines) is 1. The summed E-state index contributed by atoms with van der Waals surface area (Å²) in [7, 11) is 0. The summed E-state index contributed by atoms with van der Waals surface area (Å²) in [5, 5.41) is 0.705. The molecule has 25 heavy (non-hydrogen) atoms. The van der Waals surface area contributed by atoms with E-state index in [1.807, 2.05) is 49.1 Å². The van der Waals surface area contributed by atoms with Gasteiger partial charge in [-0.05, 0) is 70.0 Å². The zero-order valence-corrected chi connectivity index (χ0v) is 16.4. The SMILES string of the molecule is Cc1cc(C(=O)N2CC(CN)CC2C)c(C)n1-c1ccc(Cl)cc1.Cl. The van der Waals surface area contributed by atoms with Gasteiger partial charge in [-0.3, -0.25) is 4.79 Å². The van der Waals surface area contributed by atoms with Gasteiger partial charge in [-0.1, -0.05) is 11.6 Å². The first-order valence-corrected chi connectivity index (χ1v) is 8.76. The van der Waals surface area contributed by atoms with E-state index in [-0.39, 0.29) is 24.4 Å². The Morgan fingerprint density at radius 3 is 2.48 bits per heavy atom. The van der Waals surface area contributed by atoms with Crippen LogP contribution in [0, 0.1) is 19.8 Å². The van der Waals surface area contributed by atoms with E-state index in [9.17, 15) is 4.79 Å². The number of benzene rings is 1. The van der Waals surface area contributed by atoms with Crippen molar-refractivity contribution in [1.29, 1.82) is 0 Å². The van der Waals surface area contributed by atoms with E-state index in [1.165, 1.54) is 0 Å². The van der Waals surface area contributed by atoms with Crippen LogP contribution in [0.2, 0.25) is 5.02 Å². The quantitative estimate of drug-likeness (QED) is 0.873. The fourth-order valence-electron chi connectivity index (χ4n) is 3.72. The molecule has 3 rings (SSSR count). The highest BCUT2D eigenvalue weighted by Crippen LogP contribution is 2.28. The molecule has 1 aromatic carbocycles. The van der Waals surface area contributed by atoms with Crippen LogP contribution in [-0.4, -0.2) is 34.5 Å². The minimum absolute atomic E-state index is 0. The Morgan fingerprint density at radius 2 is 1.92 bits per heavy atom. The molecule has 1 aliphatic heterocycles. The predicted octanol–water partition coefficient (Wildman–Crippen LogP) is 3.98. The number of hydrogen-bond donors (Lipinski definition) is 1. The number of nitrogens with two attached hydrogens (primary N) is 1. The van der Waals surface area contributed by atoms with Crippen LogP contribution in [0.15, 0.2) is 30.3 Å². The predicted molar refractivity (Wildman–Crippen MR) is 105 cm³/mol. The Labute approximate surface area is 160 Å². The maximum atomic E-state index is 13.0. The van der Waals surface area contributed by atoms with Gasteiger partial charge in [0.1, 0.15) is 0 Å². The van der Waals surface area contributed by atoms with E-state index in [4.69, 9.17) is 17.3 Å². The lowest BCUT2D eigenvalue weighted by Gasteiger charge is -2.21. The Hall–Kier alpha value is -1.49. The summed E-state index contributed by atoms with van der Waals surface area (Å²) in [6.07, 6.45) is 0.984. The Bertz CT molecular complexity index is 755. The van der Waals surface area contributed by atoms with Crippen molar-refractivity contribution in [2.45, 2.75) is 33.2 Å². The Kier molecular flexibility index (Phi) is 6.20. The van der Waals surface area contributed by atoms with Crippen LogP contribution in [-0.2, 0) is 0 Å². The van der Waals surface area contributed by atoms with E-state index in [2.05, 4.69) is 11.5 Å². The van der Waals surface area contributed by atoms with Crippen molar-refractivity contribution in [3.63, 3.8) is 0 Å². The minimum atomic E-state index is 0. The zero-order chi connectivity index (χ0) is 17.4. The first kappa shape index (κ1) is 19.8. The fourth-order valence-corrected chi connectivity index (χ4v) is 3.84. The molecule has 0 radical (unpaired) electrons. The van der Waals surface area contributed by atoms with Crippen LogP contribution in [0.4, 0.5) is 0 Å². The van der Waals surface area contributed by atoms with Gasteiger partial charge in [-0.25, -0.2) is 0 Å². The summed E-state index contributed by atoms with van der Waals surface area (Å²) < 4.78 is 2.10. The van der Waals surface area contributed by atoms with E-state index in [0.29, 0.717) is 17.5 Å². The van der Waals surface area contributed by atoms with Crippen molar-refractivity contribution in [2.75, 3.05) is 13.1 Å². The highest BCUT2D eigenvalue weighted by atomic mass is 35.5. The maximum absolute atomic E-state index is 13.0. The van der Waals surface area contributed by atoms with Gasteiger partial charge in [-0.15, -0.1) is 12.4 Å². The molecule has 4 nitrogen and oxygen atoms in total. The normalized spacial score (nSPS) is 19.8. The lowest BCUT2D eigenvalue weighted by atomic mass is 10.1. The molecule has 0 saturated carbocycles. The van der Waals surface area contributed by atoms with Crippen LogP contribution >= 0.6 is 24.0 Å². The average Bonchev–Trinajstić information content (AvgIpc) is 3.08. The molecule has 1 amide bonds. The molecule has 1 fully saturated rings. The lowest BCUT2D eigenvalue weighted by molar-refractivity contribution is 0.0742. The van der Waals surface area contributed by atoms with E-state index >= 15 is 0 Å². The van der Waals surface area contributed by atoms with Crippen LogP contribution in [0.5, 0.6) is 0 Å². The molecule has 1 aromatic heterocycles. The van der Waals surface area contributed by atoms with Gasteiger partial charge in [-0.2, -0.15) is 0 Å². The number of amides is 1. The second-order valence-electron chi connectivity index (χ2n) is 6.74. The Balaban J connectivity index is 0.00000225. The summed E-state index contributed by atoms with van der Waals surface area (Å²) in [6, 6.07) is 9.90. The molecule has 1 aliphatic rings. The van der Waals surface area contributed by atoms with E-state index in [0.717, 1.165) is 35.6 Å². The first-order chi connectivity index (χ1) is 11.4. The van der Waals surface area contributed by atoms with Gasteiger partial charge >= 0.3 is 0 Å². The summed E-state index contributed by atoms with van der Waals surface area (Å²) in [5.74, 6) is 0.510. The van der Waals surface area contributed by atoms with Crippen LogP contribution < -0.4 is 5.73 Å². The Morgan fingerprint density at radius 1 is 1.28 bits per heavy atom. The molecule has 0 bridgehead atoms. The van der Waals surface area contributed by atoms with E-state index in [1.54, 1.807) is 0 Å². The monoisotopic (exact) mass is 381 g/mol. The van der Waals surface area contributed by atoms with Gasteiger partial charge in [0.2, 0.25) is 0 Å². The van der Waals surface area contributed by atoms with Gasteiger partial charge < -0.3 is 15.2 Å². The molecule has 1 saturated heterocycles. The third kappa shape index (κ3) is 3.71. The van der Waals surface area contributed by atoms with Gasteiger partial charge in [0, 0.05) is 34.7 Å². The smallest absolute Gasteiger partial charge is 0.255 e. The maximum Gasteiger partial charge on any atom is 0.255 e. The van der Waals surface area contributed by atoms with Crippen LogP contribution in [0.1, 0.15) is 35.1 Å². The summed E-state index contributed by atoms with van der Waals surface area (Å²) >= 11 is 5.98. The number of carbonyl (C=O) groups is 1. The molecule has 2 heterocycles. The van der Waals surface area contributed by atoms with Gasteiger partial charge in [0.25, 0.3) is 5.91 Å². The molecule has 2 aromatic rings. The fraction of sp³-hybridized carbons (Fsp3) is 0.421. The second kappa shape index (κ2) is 7.81. The molecule has 2 unspecified atom stereocenters. The number of halogens is 2. The van der Waals surface area contributed by atoms with Crippen molar-refractivity contribution in [2.24, 2.45) is 11.7 Å². The first-order valence-electron chi connectivity index (χ1n) is 8.38. The number of aromatic nitrogens is 1. The molecule has 136 valence electrons. The van der Waals surface area contributed by atoms with Crippen molar-refractivity contribution in [3.8, 4) is 5.69 Å². The summed E-state index contributed by atoms with van der Waals surface area (Å²) in [5.41, 5.74) is 9.58. The van der Waals surface area contributed by atoms with Crippen LogP contribution in [0.3, 0.4) is 0 Å². The number of carbonyl (C=O) groups excluding carboxylic acids is 1. The average molecular weight is 382 g/mol. The highest BCUT2D eigenvalue weighted by molar-refractivity contribution is 6.30. The summed E-state index contributed by atoms with van der Waals surface area (Å²) in [6.45, 7) is 7.51. The van der Waals surface area contributed by atoms with Gasteiger partial charge in [0.05, 0.1) is 5.56 Å². The number of hydrogen-bond acceptors (Lipinski definition) is 2. The number of rotatable bonds is 3. The molecule has 2 N–H and O–H groups in total. The highest BCUT2D eigenvalue weighted by Gasteiger charge is 2.33. The number of nitrogens with zero attached hydrogens (tertiary/aromatic N) is 2. The third-order valence-electron chi connectivity index (χ3n) is 5.00. The zero-order valence-electron chi connectivity index (χ0n) is 14.8. The largest absolute Gasteiger partial charge is 0.336 e. The van der Waals surface area contributed by atoms with E-state index < -0.39 is 0 Å². The third-order valence-corrected chi connectivity index (χ3v) is 5.25. The summed E-state index contributed by atoms with van der Waals surface area (Å²) in [4.78, 5) is 15.0. The molecular weight excluding hydrogens is 357 g/mol. The van der Waals surface area contributed by atoms with Crippen molar-refractivity contribution in [3.05, 3.63) is 52.3 Å². The van der Waals surface area contributed by atoms with Crippen molar-refractivity contribution < 1.29 is 4.79 Å². The van der Waals surface area contributed by atoms with Crippen molar-refractivity contribution >= 4 is 29.9 Å². The van der Waals surface area contributed by atoms with Crippen molar-refractivity contribution in [1.82, 2.24) is 9.47 Å². The minimum Gasteiger partial charge on any atom is -0.336 e. The molecular formula is C19H25Cl2N3O. The second-order valence-corrected chi connectivity index (χ2v) is 7.18. The standard InChI is InChI=1S/C19H24ClN3O.ClH/c1-12-8-15(10-21)11-22(12)19(24)18-9-13(2)23(14(18)3)17-6-4-16(20)5-7-17;/h4-7,9,12,15H,8,10-11,21H2,1-3H3;1H. The molecule has 0 aliphatic carbocycles. The topological polar surface area (TPSA) is 51.3 Å². The molecule has 0 spiro atoms. The number of aryl methyl sites for hydroxylation is 1.